The van der Waals surface area contributed by atoms with Crippen LogP contribution in [0.3, 0.4) is 0 Å². The number of carbonyl (C=O) groups excluding carboxylic acids is 2. The molecule has 0 radical (unpaired) electrons. The number of nitrogens with zero attached hydrogens (tertiary/aromatic N) is 5. The monoisotopic (exact) mass is 669 g/mol. The number of ether oxygens (including phenoxy) is 2. The standard InChI is InChI=1S/C37H44FN7O4/c1-8-44(9-2)36(47)26-13-16-31(32(19-26)48-7)49-35-28(34(46)41-33-23(3)11-10-12-24(33)4)21-39-37(42-35)40-27-14-15-30(29(38)20-27)45-18-17-43(6)25(5)22-45/h10-16,19-21,25H,8-9,17-18,22H2,1-7H3,(H,41,46)(H,39,40,42). The van der Waals surface area contributed by atoms with Crippen LogP contribution in [0.25, 0.3) is 0 Å². The molecule has 0 spiro atoms. The summed E-state index contributed by atoms with van der Waals surface area (Å²) in [4.78, 5) is 41.6. The van der Waals surface area contributed by atoms with Gasteiger partial charge in [-0.25, -0.2) is 9.37 Å². The van der Waals surface area contributed by atoms with E-state index < -0.39 is 5.91 Å². The van der Waals surface area contributed by atoms with Crippen LogP contribution in [0.15, 0.2) is 60.8 Å². The van der Waals surface area contributed by atoms with Crippen molar-refractivity contribution >= 4 is 34.8 Å². The molecule has 5 rings (SSSR count). The van der Waals surface area contributed by atoms with E-state index in [1.165, 1.54) is 19.4 Å². The van der Waals surface area contributed by atoms with Crippen molar-refractivity contribution in [3.05, 3.63) is 88.9 Å². The van der Waals surface area contributed by atoms with Crippen LogP contribution < -0.4 is 25.0 Å². The predicted octanol–water partition coefficient (Wildman–Crippen LogP) is 6.65. The summed E-state index contributed by atoms with van der Waals surface area (Å²) < 4.78 is 27.2. The summed E-state index contributed by atoms with van der Waals surface area (Å²) in [6.07, 6.45) is 1.36. The molecule has 12 heteroatoms. The normalized spacial score (nSPS) is 14.7. The zero-order valence-corrected chi connectivity index (χ0v) is 29.1. The number of hydrogen-bond donors (Lipinski definition) is 2. The van der Waals surface area contributed by atoms with Crippen LogP contribution in [-0.2, 0) is 0 Å². The number of piperazine rings is 1. The number of carbonyl (C=O) groups is 2. The third-order valence-corrected chi connectivity index (χ3v) is 8.89. The Labute approximate surface area is 287 Å². The Morgan fingerprint density at radius 2 is 1.76 bits per heavy atom. The van der Waals surface area contributed by atoms with Crippen molar-refractivity contribution in [1.82, 2.24) is 19.8 Å². The second kappa shape index (κ2) is 15.3. The molecule has 2 amide bonds. The summed E-state index contributed by atoms with van der Waals surface area (Å²) in [5.41, 5.74) is 3.90. The first-order valence-corrected chi connectivity index (χ1v) is 16.4. The maximum atomic E-state index is 15.4. The second-order valence-corrected chi connectivity index (χ2v) is 12.1. The molecular weight excluding hydrogens is 625 g/mol. The van der Waals surface area contributed by atoms with Gasteiger partial charge in [0.15, 0.2) is 11.5 Å². The molecule has 1 unspecified atom stereocenters. The molecule has 258 valence electrons. The number of hydrogen-bond acceptors (Lipinski definition) is 9. The lowest BCUT2D eigenvalue weighted by Gasteiger charge is -2.39. The topological polar surface area (TPSA) is 112 Å². The molecule has 3 aromatic carbocycles. The molecule has 1 aliphatic rings. The van der Waals surface area contributed by atoms with Gasteiger partial charge in [-0.3, -0.25) is 9.59 Å². The van der Waals surface area contributed by atoms with Gasteiger partial charge in [0, 0.05) is 61.9 Å². The maximum Gasteiger partial charge on any atom is 0.262 e. The third-order valence-electron chi connectivity index (χ3n) is 8.89. The van der Waals surface area contributed by atoms with E-state index in [4.69, 9.17) is 9.47 Å². The smallest absolute Gasteiger partial charge is 0.262 e. The average Bonchev–Trinajstić information content (AvgIpc) is 3.08. The van der Waals surface area contributed by atoms with Gasteiger partial charge in [-0.05, 0) is 89.2 Å². The van der Waals surface area contributed by atoms with Crippen LogP contribution in [0.1, 0.15) is 52.6 Å². The summed E-state index contributed by atoms with van der Waals surface area (Å²) in [5, 5.41) is 6.01. The van der Waals surface area contributed by atoms with Gasteiger partial charge in [-0.1, -0.05) is 18.2 Å². The minimum Gasteiger partial charge on any atom is -0.493 e. The number of rotatable bonds is 11. The van der Waals surface area contributed by atoms with Gasteiger partial charge >= 0.3 is 0 Å². The maximum absolute atomic E-state index is 15.4. The number of likely N-dealkylation sites (N-methyl/N-ethyl adjacent to an activating group) is 1. The number of amides is 2. The van der Waals surface area contributed by atoms with Crippen LogP contribution in [0.2, 0.25) is 0 Å². The Hall–Kier alpha value is -5.23. The summed E-state index contributed by atoms with van der Waals surface area (Å²) in [6, 6.07) is 15.8. The number of nitrogens with one attached hydrogen (secondary N) is 2. The fourth-order valence-corrected chi connectivity index (χ4v) is 5.77. The first-order valence-electron chi connectivity index (χ1n) is 16.4. The Bertz CT molecular complexity index is 1810. The van der Waals surface area contributed by atoms with E-state index in [0.717, 1.165) is 30.8 Å². The van der Waals surface area contributed by atoms with Crippen LogP contribution in [0, 0.1) is 19.7 Å². The second-order valence-electron chi connectivity index (χ2n) is 12.1. The summed E-state index contributed by atoms with van der Waals surface area (Å²) in [6.45, 7) is 13.2. The number of methoxy groups -OCH3 is 1. The molecule has 2 heterocycles. The quantitative estimate of drug-likeness (QED) is 0.181. The van der Waals surface area contributed by atoms with Gasteiger partial charge in [0.1, 0.15) is 11.4 Å². The van der Waals surface area contributed by atoms with Gasteiger partial charge in [-0.2, -0.15) is 4.98 Å². The van der Waals surface area contributed by atoms with Crippen molar-refractivity contribution in [3.8, 4) is 17.4 Å². The zero-order valence-electron chi connectivity index (χ0n) is 29.1. The largest absolute Gasteiger partial charge is 0.493 e. The molecule has 0 aliphatic carbocycles. The molecule has 1 fully saturated rings. The lowest BCUT2D eigenvalue weighted by Crippen LogP contribution is -2.50. The molecule has 0 saturated carbocycles. The fraction of sp³-hybridized carbons (Fsp3) is 0.351. The van der Waals surface area contributed by atoms with E-state index in [1.54, 1.807) is 35.2 Å². The zero-order chi connectivity index (χ0) is 35.2. The Morgan fingerprint density at radius 3 is 2.41 bits per heavy atom. The van der Waals surface area contributed by atoms with Crippen molar-refractivity contribution in [3.63, 3.8) is 0 Å². The number of para-hydroxylation sites is 1. The Kier molecular flexibility index (Phi) is 11.0. The molecule has 49 heavy (non-hydrogen) atoms. The SMILES string of the molecule is CCN(CC)C(=O)c1ccc(Oc2nc(Nc3ccc(N4CCN(C)C(C)C4)c(F)c3)ncc2C(=O)Nc2c(C)cccc2C)c(OC)c1. The molecule has 1 aromatic heterocycles. The number of halogens is 1. The first kappa shape index (κ1) is 35.1. The van der Waals surface area contributed by atoms with E-state index in [9.17, 15) is 9.59 Å². The van der Waals surface area contributed by atoms with Crippen LogP contribution in [-0.4, -0.2) is 84.5 Å². The highest BCUT2D eigenvalue weighted by atomic mass is 19.1. The third kappa shape index (κ3) is 7.92. The molecule has 0 bridgehead atoms. The number of anilines is 4. The van der Waals surface area contributed by atoms with Gasteiger partial charge in [0.2, 0.25) is 11.8 Å². The molecule has 4 aromatic rings. The van der Waals surface area contributed by atoms with E-state index >= 15 is 4.39 Å². The molecular formula is C37H44FN7O4. The van der Waals surface area contributed by atoms with E-state index in [1.807, 2.05) is 50.8 Å². The Morgan fingerprint density at radius 1 is 1.02 bits per heavy atom. The summed E-state index contributed by atoms with van der Waals surface area (Å²) in [7, 11) is 3.54. The fourth-order valence-electron chi connectivity index (χ4n) is 5.77. The molecule has 11 nitrogen and oxygen atoms in total. The van der Waals surface area contributed by atoms with Crippen LogP contribution >= 0.6 is 0 Å². The highest BCUT2D eigenvalue weighted by molar-refractivity contribution is 6.06. The Balaban J connectivity index is 1.46. The highest BCUT2D eigenvalue weighted by Gasteiger charge is 2.24. The molecule has 1 atom stereocenters. The minimum atomic E-state index is -0.483. The molecule has 1 saturated heterocycles. The predicted molar refractivity (Wildman–Crippen MR) is 190 cm³/mol. The van der Waals surface area contributed by atoms with Crippen molar-refractivity contribution in [2.75, 3.05) is 62.4 Å². The van der Waals surface area contributed by atoms with E-state index in [2.05, 4.69) is 39.5 Å². The number of aromatic nitrogens is 2. The van der Waals surface area contributed by atoms with Crippen LogP contribution in [0.5, 0.6) is 17.4 Å². The van der Waals surface area contributed by atoms with Crippen molar-refractivity contribution in [2.24, 2.45) is 0 Å². The van der Waals surface area contributed by atoms with Crippen molar-refractivity contribution in [2.45, 2.75) is 40.7 Å². The minimum absolute atomic E-state index is 0.0595. The van der Waals surface area contributed by atoms with Crippen molar-refractivity contribution in [1.29, 1.82) is 0 Å². The molecule has 2 N–H and O–H groups in total. The van der Waals surface area contributed by atoms with Gasteiger partial charge in [-0.15, -0.1) is 0 Å². The van der Waals surface area contributed by atoms with Gasteiger partial charge in [0.05, 0.1) is 12.8 Å². The highest BCUT2D eigenvalue weighted by Crippen LogP contribution is 2.35. The summed E-state index contributed by atoms with van der Waals surface area (Å²) >= 11 is 0. The van der Waals surface area contributed by atoms with Crippen LogP contribution in [0.4, 0.5) is 27.4 Å². The lowest BCUT2D eigenvalue weighted by molar-refractivity contribution is 0.0772. The average molecular weight is 670 g/mol. The number of benzene rings is 3. The molecule has 1 aliphatic heterocycles. The first-order chi connectivity index (χ1) is 23.5. The number of aryl methyl sites for hydroxylation is 2. The summed E-state index contributed by atoms with van der Waals surface area (Å²) in [5.74, 6) is -0.450. The van der Waals surface area contributed by atoms with Crippen molar-refractivity contribution < 1.29 is 23.5 Å². The lowest BCUT2D eigenvalue weighted by atomic mass is 10.1. The van der Waals surface area contributed by atoms with E-state index in [-0.39, 0.29) is 40.6 Å². The van der Waals surface area contributed by atoms with Gasteiger partial charge < -0.3 is 34.8 Å². The van der Waals surface area contributed by atoms with Gasteiger partial charge in [0.25, 0.3) is 11.8 Å². The van der Waals surface area contributed by atoms with E-state index in [0.29, 0.717) is 41.8 Å².